The highest BCUT2D eigenvalue weighted by molar-refractivity contribution is 7.85. The average molecular weight is 467 g/mol. The molecule has 3 aliphatic rings. The Morgan fingerprint density at radius 1 is 1.06 bits per heavy atom. The normalized spacial score (nSPS) is 22.4. The molecule has 0 radical (unpaired) electrons. The molecule has 0 spiro atoms. The Hall–Kier alpha value is -2.86. The third kappa shape index (κ3) is 4.24. The standard InChI is InChI=1S/C20H22FN3O7S/c1-32(29,30)31-10-11-4-6-23(7-5-11)16-9-13-12(8-14(16)21)19(27)24(20(13)28)15-2-3-17(25)22-18(15)26/h8-9,11,15H,2-7,10H2,1H3,(H,22,25,26). The van der Waals surface area contributed by atoms with Crippen LogP contribution < -0.4 is 10.2 Å². The lowest BCUT2D eigenvalue weighted by molar-refractivity contribution is -0.136. The highest BCUT2D eigenvalue weighted by Crippen LogP contribution is 2.34. The predicted molar refractivity (Wildman–Crippen MR) is 109 cm³/mol. The number of fused-ring (bicyclic) bond motifs is 1. The van der Waals surface area contributed by atoms with Crippen LogP contribution in [0.25, 0.3) is 0 Å². The number of benzene rings is 1. The maximum Gasteiger partial charge on any atom is 0.264 e. The van der Waals surface area contributed by atoms with Gasteiger partial charge in [0.15, 0.2) is 0 Å². The molecule has 4 amide bonds. The van der Waals surface area contributed by atoms with Crippen LogP contribution in [0.1, 0.15) is 46.4 Å². The molecule has 1 unspecified atom stereocenters. The minimum Gasteiger partial charge on any atom is -0.369 e. The van der Waals surface area contributed by atoms with Crippen LogP contribution in [0, 0.1) is 11.7 Å². The van der Waals surface area contributed by atoms with Gasteiger partial charge in [0.05, 0.1) is 29.7 Å². The van der Waals surface area contributed by atoms with Gasteiger partial charge in [-0.3, -0.25) is 33.6 Å². The van der Waals surface area contributed by atoms with E-state index >= 15 is 0 Å². The van der Waals surface area contributed by atoms with E-state index in [1.54, 1.807) is 4.90 Å². The van der Waals surface area contributed by atoms with Crippen LogP contribution in [-0.4, -0.2) is 68.9 Å². The van der Waals surface area contributed by atoms with Gasteiger partial charge in [-0.25, -0.2) is 4.39 Å². The maximum absolute atomic E-state index is 14.9. The second-order valence-corrected chi connectivity index (χ2v) is 9.86. The van der Waals surface area contributed by atoms with Gasteiger partial charge in [0.2, 0.25) is 11.8 Å². The Balaban J connectivity index is 1.51. The number of hydrogen-bond donors (Lipinski definition) is 1. The first-order chi connectivity index (χ1) is 15.0. The number of halogens is 1. The van der Waals surface area contributed by atoms with Gasteiger partial charge in [0, 0.05) is 19.5 Å². The molecule has 4 rings (SSSR count). The van der Waals surface area contributed by atoms with Gasteiger partial charge in [-0.2, -0.15) is 8.42 Å². The Labute approximate surface area is 183 Å². The number of anilines is 1. The van der Waals surface area contributed by atoms with Crippen LogP contribution in [0.15, 0.2) is 12.1 Å². The monoisotopic (exact) mass is 467 g/mol. The number of amides is 4. The van der Waals surface area contributed by atoms with Crippen LogP contribution in [0.2, 0.25) is 0 Å². The van der Waals surface area contributed by atoms with E-state index in [-0.39, 0.29) is 42.2 Å². The maximum atomic E-state index is 14.9. The molecular weight excluding hydrogens is 445 g/mol. The quantitative estimate of drug-likeness (QED) is 0.487. The van der Waals surface area contributed by atoms with Gasteiger partial charge in [-0.05, 0) is 37.3 Å². The number of carbonyl (C=O) groups is 4. The van der Waals surface area contributed by atoms with Crippen LogP contribution in [-0.2, 0) is 23.9 Å². The summed E-state index contributed by atoms with van der Waals surface area (Å²) in [4.78, 5) is 51.8. The molecule has 3 heterocycles. The number of imide groups is 2. The number of carbonyl (C=O) groups excluding carboxylic acids is 4. The highest BCUT2D eigenvalue weighted by atomic mass is 32.2. The third-order valence-corrected chi connectivity index (χ3v) is 6.54. The largest absolute Gasteiger partial charge is 0.369 e. The molecule has 0 aromatic heterocycles. The number of nitrogens with zero attached hydrogens (tertiary/aromatic N) is 2. The van der Waals surface area contributed by atoms with Crippen molar-refractivity contribution in [2.75, 3.05) is 30.9 Å². The van der Waals surface area contributed by atoms with Crippen LogP contribution in [0.5, 0.6) is 0 Å². The zero-order chi connectivity index (χ0) is 23.2. The summed E-state index contributed by atoms with van der Waals surface area (Å²) in [6.45, 7) is 0.909. The van der Waals surface area contributed by atoms with E-state index in [0.29, 0.717) is 25.9 Å². The molecule has 0 bridgehead atoms. The number of piperidine rings is 2. The minimum atomic E-state index is -3.53. The summed E-state index contributed by atoms with van der Waals surface area (Å²) in [7, 11) is -3.53. The third-order valence-electron chi connectivity index (χ3n) is 5.98. The van der Waals surface area contributed by atoms with E-state index in [2.05, 4.69) is 5.32 Å². The smallest absolute Gasteiger partial charge is 0.264 e. The lowest BCUT2D eigenvalue weighted by atomic mass is 9.97. The van der Waals surface area contributed by atoms with E-state index in [0.717, 1.165) is 17.2 Å². The first-order valence-corrected chi connectivity index (χ1v) is 12.0. The van der Waals surface area contributed by atoms with Crippen molar-refractivity contribution in [3.05, 3.63) is 29.1 Å². The molecule has 12 heteroatoms. The van der Waals surface area contributed by atoms with Crippen molar-refractivity contribution in [2.45, 2.75) is 31.7 Å². The molecule has 1 atom stereocenters. The molecule has 0 saturated carbocycles. The Morgan fingerprint density at radius 3 is 2.28 bits per heavy atom. The van der Waals surface area contributed by atoms with Gasteiger partial charge < -0.3 is 4.90 Å². The average Bonchev–Trinajstić information content (AvgIpc) is 2.96. The number of rotatable bonds is 5. The molecule has 3 aliphatic heterocycles. The molecule has 1 aromatic rings. The molecule has 32 heavy (non-hydrogen) atoms. The number of hydrogen-bond acceptors (Lipinski definition) is 8. The van der Waals surface area contributed by atoms with E-state index < -0.39 is 45.6 Å². The minimum absolute atomic E-state index is 0.00140. The Bertz CT molecular complexity index is 1110. The van der Waals surface area contributed by atoms with E-state index in [1.165, 1.54) is 6.07 Å². The summed E-state index contributed by atoms with van der Waals surface area (Å²) >= 11 is 0. The first-order valence-electron chi connectivity index (χ1n) is 10.2. The lowest BCUT2D eigenvalue weighted by Gasteiger charge is -2.33. The fourth-order valence-electron chi connectivity index (χ4n) is 4.28. The zero-order valence-corrected chi connectivity index (χ0v) is 18.1. The van der Waals surface area contributed by atoms with E-state index in [1.807, 2.05) is 0 Å². The summed E-state index contributed by atoms with van der Waals surface area (Å²) in [5, 5.41) is 2.12. The van der Waals surface area contributed by atoms with Gasteiger partial charge in [-0.15, -0.1) is 0 Å². The molecule has 172 valence electrons. The molecule has 1 aromatic carbocycles. The molecular formula is C20H22FN3O7S. The fourth-order valence-corrected chi connectivity index (χ4v) is 4.72. The van der Waals surface area contributed by atoms with Crippen molar-refractivity contribution >= 4 is 39.4 Å². The van der Waals surface area contributed by atoms with Crippen molar-refractivity contribution < 1.29 is 36.2 Å². The summed E-state index contributed by atoms with van der Waals surface area (Å²) in [5.41, 5.74) is 0.0635. The second kappa shape index (κ2) is 8.24. The SMILES string of the molecule is CS(=O)(=O)OCC1CCN(c2cc3c(cc2F)C(=O)N(C2CCC(=O)NC2=O)C3=O)CC1. The van der Waals surface area contributed by atoms with Crippen molar-refractivity contribution in [1.82, 2.24) is 10.2 Å². The van der Waals surface area contributed by atoms with Crippen molar-refractivity contribution in [1.29, 1.82) is 0 Å². The van der Waals surface area contributed by atoms with E-state index in [9.17, 15) is 32.0 Å². The predicted octanol–water partition coefficient (Wildman–Crippen LogP) is 0.419. The van der Waals surface area contributed by atoms with Crippen LogP contribution in [0.4, 0.5) is 10.1 Å². The summed E-state index contributed by atoms with van der Waals surface area (Å²) in [5.74, 6) is -3.32. The first kappa shape index (κ1) is 22.3. The lowest BCUT2D eigenvalue weighted by Crippen LogP contribution is -2.54. The van der Waals surface area contributed by atoms with Crippen LogP contribution >= 0.6 is 0 Å². The molecule has 0 aliphatic carbocycles. The highest BCUT2D eigenvalue weighted by Gasteiger charge is 2.45. The zero-order valence-electron chi connectivity index (χ0n) is 17.3. The molecule has 10 nitrogen and oxygen atoms in total. The summed E-state index contributed by atoms with van der Waals surface area (Å²) in [6, 6.07) is 1.22. The molecule has 2 saturated heterocycles. The Morgan fingerprint density at radius 2 is 1.69 bits per heavy atom. The molecule has 1 N–H and O–H groups in total. The second-order valence-electron chi connectivity index (χ2n) is 8.22. The molecule has 2 fully saturated rings. The topological polar surface area (TPSA) is 130 Å². The van der Waals surface area contributed by atoms with Gasteiger partial charge in [-0.1, -0.05) is 0 Å². The van der Waals surface area contributed by atoms with Crippen molar-refractivity contribution in [2.24, 2.45) is 5.92 Å². The van der Waals surface area contributed by atoms with Gasteiger partial charge >= 0.3 is 0 Å². The van der Waals surface area contributed by atoms with Crippen molar-refractivity contribution in [3.8, 4) is 0 Å². The summed E-state index contributed by atoms with van der Waals surface area (Å²) in [6.07, 6.45) is 2.15. The van der Waals surface area contributed by atoms with Gasteiger partial charge in [0.1, 0.15) is 11.9 Å². The Kier molecular flexibility index (Phi) is 5.76. The van der Waals surface area contributed by atoms with E-state index in [4.69, 9.17) is 4.18 Å². The van der Waals surface area contributed by atoms with Crippen molar-refractivity contribution in [3.63, 3.8) is 0 Å². The number of nitrogens with one attached hydrogen (secondary N) is 1. The fraction of sp³-hybridized carbons (Fsp3) is 0.500. The van der Waals surface area contributed by atoms with Gasteiger partial charge in [0.25, 0.3) is 21.9 Å². The van der Waals surface area contributed by atoms with Crippen LogP contribution in [0.3, 0.4) is 0 Å². The summed E-state index contributed by atoms with van der Waals surface area (Å²) < 4.78 is 42.0.